The highest BCUT2D eigenvalue weighted by molar-refractivity contribution is 5.96. The Morgan fingerprint density at radius 3 is 2.75 bits per heavy atom. The highest BCUT2D eigenvalue weighted by Gasteiger charge is 2.30. The number of amides is 1. The summed E-state index contributed by atoms with van der Waals surface area (Å²) in [6, 6.07) is 10.7. The van der Waals surface area contributed by atoms with Crippen LogP contribution in [0.25, 0.3) is 0 Å². The van der Waals surface area contributed by atoms with Crippen molar-refractivity contribution in [2.45, 2.75) is 19.6 Å². The average molecular weight is 325 g/mol. The van der Waals surface area contributed by atoms with Crippen LogP contribution in [-0.2, 0) is 6.61 Å². The van der Waals surface area contributed by atoms with Crippen molar-refractivity contribution in [3.63, 3.8) is 0 Å². The fourth-order valence-electron chi connectivity index (χ4n) is 2.54. The Morgan fingerprint density at radius 1 is 1.29 bits per heavy atom. The van der Waals surface area contributed by atoms with Gasteiger partial charge in [0, 0.05) is 18.3 Å². The van der Waals surface area contributed by atoms with E-state index in [1.807, 2.05) is 37.3 Å². The molecule has 6 nitrogen and oxygen atoms in total. The number of ether oxygens (including phenoxy) is 1. The predicted molar refractivity (Wildman–Crippen MR) is 91.5 cm³/mol. The van der Waals surface area contributed by atoms with Crippen molar-refractivity contribution in [3.8, 4) is 5.75 Å². The second-order valence-corrected chi connectivity index (χ2v) is 5.57. The minimum atomic E-state index is -0.319. The van der Waals surface area contributed by atoms with E-state index in [9.17, 15) is 9.59 Å². The first-order valence-electron chi connectivity index (χ1n) is 7.71. The summed E-state index contributed by atoms with van der Waals surface area (Å²) in [7, 11) is 0. The Labute approximate surface area is 139 Å². The zero-order valence-corrected chi connectivity index (χ0v) is 13.4. The van der Waals surface area contributed by atoms with Crippen LogP contribution < -0.4 is 15.6 Å². The van der Waals surface area contributed by atoms with Crippen LogP contribution in [0.5, 0.6) is 5.75 Å². The number of carbonyl (C=O) groups is 1. The first-order valence-corrected chi connectivity index (χ1v) is 7.71. The van der Waals surface area contributed by atoms with Gasteiger partial charge < -0.3 is 15.1 Å². The van der Waals surface area contributed by atoms with E-state index in [1.165, 1.54) is 10.7 Å². The van der Waals surface area contributed by atoms with Crippen LogP contribution in [0, 0.1) is 0 Å². The van der Waals surface area contributed by atoms with Gasteiger partial charge in [-0.05, 0) is 12.5 Å². The SMILES string of the molecule is C=CC(C)N1CNn2ccc(=O)c(OCc3ccccc3)c2C1=O. The topological polar surface area (TPSA) is 63.6 Å². The van der Waals surface area contributed by atoms with Gasteiger partial charge >= 0.3 is 0 Å². The van der Waals surface area contributed by atoms with Gasteiger partial charge in [-0.2, -0.15) is 0 Å². The maximum absolute atomic E-state index is 12.8. The van der Waals surface area contributed by atoms with Crippen LogP contribution in [0.15, 0.2) is 60.0 Å². The monoisotopic (exact) mass is 325 g/mol. The number of nitrogens with one attached hydrogen (secondary N) is 1. The normalized spacial score (nSPS) is 14.5. The molecule has 24 heavy (non-hydrogen) atoms. The first-order chi connectivity index (χ1) is 11.6. The Hall–Kier alpha value is -3.02. The number of nitrogens with zero attached hydrogens (tertiary/aromatic N) is 2. The van der Waals surface area contributed by atoms with Gasteiger partial charge in [-0.15, -0.1) is 6.58 Å². The summed E-state index contributed by atoms with van der Waals surface area (Å²) in [5.41, 5.74) is 3.89. The van der Waals surface area contributed by atoms with E-state index in [-0.39, 0.29) is 35.4 Å². The number of hydrogen-bond acceptors (Lipinski definition) is 4. The van der Waals surface area contributed by atoms with Crippen LogP contribution in [0.4, 0.5) is 0 Å². The molecule has 2 aromatic rings. The Kier molecular flexibility index (Phi) is 4.37. The number of fused-ring (bicyclic) bond motifs is 1. The van der Waals surface area contributed by atoms with Crippen molar-refractivity contribution in [1.82, 2.24) is 9.58 Å². The van der Waals surface area contributed by atoms with Crippen molar-refractivity contribution in [3.05, 3.63) is 76.7 Å². The zero-order chi connectivity index (χ0) is 17.1. The number of aromatic nitrogens is 1. The third kappa shape index (κ3) is 2.90. The van der Waals surface area contributed by atoms with Gasteiger partial charge in [0.15, 0.2) is 11.4 Å². The molecule has 1 unspecified atom stereocenters. The van der Waals surface area contributed by atoms with Crippen molar-refractivity contribution in [1.29, 1.82) is 0 Å². The molecule has 2 heterocycles. The second-order valence-electron chi connectivity index (χ2n) is 5.57. The summed E-state index contributed by atoms with van der Waals surface area (Å²) in [5.74, 6) is -0.207. The highest BCUT2D eigenvalue weighted by Crippen LogP contribution is 2.21. The molecule has 1 aromatic carbocycles. The second kappa shape index (κ2) is 6.62. The standard InChI is InChI=1S/C18H19N3O3/c1-3-13(2)20-12-19-21-10-9-15(22)17(16(21)18(20)23)24-11-14-7-5-4-6-8-14/h3-10,13,19H,1,11-12H2,2H3. The lowest BCUT2D eigenvalue weighted by atomic mass is 10.2. The molecule has 1 amide bonds. The molecule has 0 fully saturated rings. The first kappa shape index (κ1) is 15.9. The molecular formula is C18H19N3O3. The molecule has 1 atom stereocenters. The smallest absolute Gasteiger partial charge is 0.278 e. The quantitative estimate of drug-likeness (QED) is 0.854. The maximum atomic E-state index is 12.8. The van der Waals surface area contributed by atoms with Crippen LogP contribution in [0.1, 0.15) is 23.0 Å². The lowest BCUT2D eigenvalue weighted by molar-refractivity contribution is 0.0687. The largest absolute Gasteiger partial charge is 0.482 e. The number of carbonyl (C=O) groups excluding carboxylic acids is 1. The maximum Gasteiger partial charge on any atom is 0.278 e. The van der Waals surface area contributed by atoms with E-state index in [4.69, 9.17) is 4.74 Å². The summed E-state index contributed by atoms with van der Waals surface area (Å²) in [6.07, 6.45) is 3.22. The molecule has 0 saturated carbocycles. The molecule has 1 N–H and O–H groups in total. The average Bonchev–Trinajstić information content (AvgIpc) is 2.61. The third-order valence-electron chi connectivity index (χ3n) is 3.99. The molecule has 0 spiro atoms. The van der Waals surface area contributed by atoms with Crippen LogP contribution in [0.2, 0.25) is 0 Å². The lowest BCUT2D eigenvalue weighted by Gasteiger charge is -2.34. The summed E-state index contributed by atoms with van der Waals surface area (Å²) in [5, 5.41) is 0. The number of benzene rings is 1. The summed E-state index contributed by atoms with van der Waals surface area (Å²) >= 11 is 0. The van der Waals surface area contributed by atoms with Crippen molar-refractivity contribution in [2.24, 2.45) is 0 Å². The van der Waals surface area contributed by atoms with Gasteiger partial charge in [-0.25, -0.2) is 0 Å². The fraction of sp³-hybridized carbons (Fsp3) is 0.222. The predicted octanol–water partition coefficient (Wildman–Crippen LogP) is 1.96. The van der Waals surface area contributed by atoms with Crippen LogP contribution >= 0.6 is 0 Å². The molecule has 0 bridgehead atoms. The summed E-state index contributed by atoms with van der Waals surface area (Å²) < 4.78 is 7.24. The van der Waals surface area contributed by atoms with E-state index in [2.05, 4.69) is 12.0 Å². The highest BCUT2D eigenvalue weighted by atomic mass is 16.5. The van der Waals surface area contributed by atoms with Gasteiger partial charge in [0.05, 0.1) is 0 Å². The molecule has 0 aliphatic carbocycles. The summed E-state index contributed by atoms with van der Waals surface area (Å²) in [4.78, 5) is 26.6. The Bertz CT molecular complexity index is 814. The molecule has 0 radical (unpaired) electrons. The fourth-order valence-corrected chi connectivity index (χ4v) is 2.54. The van der Waals surface area contributed by atoms with E-state index in [0.29, 0.717) is 6.67 Å². The molecule has 0 saturated heterocycles. The summed E-state index contributed by atoms with van der Waals surface area (Å²) in [6.45, 7) is 6.14. The minimum Gasteiger partial charge on any atom is -0.482 e. The van der Waals surface area contributed by atoms with E-state index >= 15 is 0 Å². The molecule has 1 aliphatic heterocycles. The molecule has 3 rings (SSSR count). The van der Waals surface area contributed by atoms with Gasteiger partial charge in [0.1, 0.15) is 13.3 Å². The Balaban J connectivity index is 1.94. The van der Waals surface area contributed by atoms with Crippen LogP contribution in [0.3, 0.4) is 0 Å². The number of pyridine rings is 1. The zero-order valence-electron chi connectivity index (χ0n) is 13.4. The Morgan fingerprint density at radius 2 is 2.04 bits per heavy atom. The number of hydrogen-bond donors (Lipinski definition) is 1. The van der Waals surface area contributed by atoms with Gasteiger partial charge in [-0.3, -0.25) is 14.3 Å². The molecule has 124 valence electrons. The third-order valence-corrected chi connectivity index (χ3v) is 3.99. The molecule has 1 aromatic heterocycles. The van der Waals surface area contributed by atoms with E-state index in [1.54, 1.807) is 17.2 Å². The van der Waals surface area contributed by atoms with Crippen LogP contribution in [-0.4, -0.2) is 28.2 Å². The molecule has 6 heteroatoms. The molecular weight excluding hydrogens is 306 g/mol. The van der Waals surface area contributed by atoms with E-state index < -0.39 is 0 Å². The minimum absolute atomic E-state index is 0.0554. The van der Waals surface area contributed by atoms with Crippen molar-refractivity contribution in [2.75, 3.05) is 12.1 Å². The van der Waals surface area contributed by atoms with E-state index in [0.717, 1.165) is 5.56 Å². The molecule has 1 aliphatic rings. The van der Waals surface area contributed by atoms with Gasteiger partial charge in [0.2, 0.25) is 5.43 Å². The van der Waals surface area contributed by atoms with Gasteiger partial charge in [0.25, 0.3) is 5.91 Å². The van der Waals surface area contributed by atoms with Crippen molar-refractivity contribution >= 4 is 5.91 Å². The van der Waals surface area contributed by atoms with Gasteiger partial charge in [-0.1, -0.05) is 36.4 Å². The lowest BCUT2D eigenvalue weighted by Crippen LogP contribution is -2.49. The van der Waals surface area contributed by atoms with Crippen molar-refractivity contribution < 1.29 is 9.53 Å². The number of rotatable bonds is 5.